The number of hydrogen-bond acceptors (Lipinski definition) is 6. The summed E-state index contributed by atoms with van der Waals surface area (Å²) in [6.07, 6.45) is 2.87. The number of furan rings is 1. The summed E-state index contributed by atoms with van der Waals surface area (Å²) in [5, 5.41) is 8.05. The molecule has 3 heterocycles. The summed E-state index contributed by atoms with van der Waals surface area (Å²) >= 11 is 1.44. The molecule has 1 aliphatic heterocycles. The highest BCUT2D eigenvalue weighted by Crippen LogP contribution is 2.33. The minimum absolute atomic E-state index is 0.00172. The SMILES string of the molecule is Cc1nc(C(=O)C2CCN[C@H](CNC(=O)c3cccc4ccoc34)C2)c(-c2ccc(F)cc2)s1. The maximum Gasteiger partial charge on any atom is 0.255 e. The van der Waals surface area contributed by atoms with Crippen LogP contribution in [0.15, 0.2) is 59.2 Å². The third kappa shape index (κ3) is 4.51. The molecule has 1 saturated heterocycles. The molecule has 0 spiro atoms. The molecule has 0 aliphatic carbocycles. The molecule has 34 heavy (non-hydrogen) atoms. The molecule has 8 heteroatoms. The van der Waals surface area contributed by atoms with Crippen molar-refractivity contribution in [2.45, 2.75) is 25.8 Å². The first kappa shape index (κ1) is 22.4. The van der Waals surface area contributed by atoms with Gasteiger partial charge in [-0.2, -0.15) is 0 Å². The highest BCUT2D eigenvalue weighted by molar-refractivity contribution is 7.15. The number of carbonyl (C=O) groups is 2. The molecule has 1 aliphatic rings. The first-order chi connectivity index (χ1) is 16.5. The predicted octanol–water partition coefficient (Wildman–Crippen LogP) is 4.98. The number of thiazole rings is 1. The fourth-order valence-electron chi connectivity index (χ4n) is 4.47. The number of para-hydroxylation sites is 1. The number of ketones is 1. The fraction of sp³-hybridized carbons (Fsp3) is 0.269. The molecule has 6 nitrogen and oxygen atoms in total. The number of hydrogen-bond donors (Lipinski definition) is 2. The molecule has 0 radical (unpaired) electrons. The summed E-state index contributed by atoms with van der Waals surface area (Å²) in [4.78, 5) is 31.5. The lowest BCUT2D eigenvalue weighted by molar-refractivity contribution is 0.0870. The van der Waals surface area contributed by atoms with E-state index in [0.717, 1.165) is 20.8 Å². The van der Waals surface area contributed by atoms with Gasteiger partial charge in [-0.25, -0.2) is 9.37 Å². The van der Waals surface area contributed by atoms with Crippen LogP contribution in [0.2, 0.25) is 0 Å². The number of carbonyl (C=O) groups excluding carboxylic acids is 2. The molecule has 1 unspecified atom stereocenters. The summed E-state index contributed by atoms with van der Waals surface area (Å²) in [6.45, 7) is 2.95. The van der Waals surface area contributed by atoms with Gasteiger partial charge in [-0.05, 0) is 56.1 Å². The van der Waals surface area contributed by atoms with E-state index in [0.29, 0.717) is 42.8 Å². The largest absolute Gasteiger partial charge is 0.464 e. The number of amides is 1. The molecule has 2 aromatic heterocycles. The van der Waals surface area contributed by atoms with Gasteiger partial charge in [-0.1, -0.05) is 24.3 Å². The van der Waals surface area contributed by atoms with Crippen molar-refractivity contribution < 1.29 is 18.4 Å². The number of aromatic nitrogens is 1. The number of rotatable bonds is 6. The molecule has 1 fully saturated rings. The van der Waals surface area contributed by atoms with Gasteiger partial charge in [0.2, 0.25) is 0 Å². The van der Waals surface area contributed by atoms with Crippen molar-refractivity contribution in [2.75, 3.05) is 13.1 Å². The predicted molar refractivity (Wildman–Crippen MR) is 130 cm³/mol. The van der Waals surface area contributed by atoms with E-state index in [2.05, 4.69) is 15.6 Å². The first-order valence-electron chi connectivity index (χ1n) is 11.2. The summed E-state index contributed by atoms with van der Waals surface area (Å²) in [7, 11) is 0. The van der Waals surface area contributed by atoms with Crippen LogP contribution in [-0.4, -0.2) is 35.8 Å². The lowest BCUT2D eigenvalue weighted by Gasteiger charge is -2.29. The van der Waals surface area contributed by atoms with Crippen LogP contribution >= 0.6 is 11.3 Å². The molecule has 2 N–H and O–H groups in total. The van der Waals surface area contributed by atoms with Crippen LogP contribution in [0.1, 0.15) is 38.7 Å². The fourth-order valence-corrected chi connectivity index (χ4v) is 5.40. The Kier molecular flexibility index (Phi) is 6.26. The Labute approximate surface area is 200 Å². The number of halogens is 1. The number of nitrogens with one attached hydrogen (secondary N) is 2. The summed E-state index contributed by atoms with van der Waals surface area (Å²) < 4.78 is 18.8. The van der Waals surface area contributed by atoms with Crippen molar-refractivity contribution in [3.63, 3.8) is 0 Å². The minimum Gasteiger partial charge on any atom is -0.464 e. The van der Waals surface area contributed by atoms with Gasteiger partial charge in [-0.15, -0.1) is 11.3 Å². The Bertz CT molecular complexity index is 1350. The zero-order valence-electron chi connectivity index (χ0n) is 18.6. The van der Waals surface area contributed by atoms with Gasteiger partial charge in [0.25, 0.3) is 5.91 Å². The number of aryl methyl sites for hydroxylation is 1. The van der Waals surface area contributed by atoms with Gasteiger partial charge in [0.15, 0.2) is 5.78 Å². The zero-order valence-corrected chi connectivity index (χ0v) is 19.5. The Morgan fingerprint density at radius 2 is 2.03 bits per heavy atom. The van der Waals surface area contributed by atoms with E-state index in [4.69, 9.17) is 4.42 Å². The van der Waals surface area contributed by atoms with Gasteiger partial charge in [-0.3, -0.25) is 9.59 Å². The van der Waals surface area contributed by atoms with Gasteiger partial charge >= 0.3 is 0 Å². The second-order valence-corrected chi connectivity index (χ2v) is 9.71. The van der Waals surface area contributed by atoms with Crippen molar-refractivity contribution in [3.8, 4) is 10.4 Å². The topological polar surface area (TPSA) is 84.2 Å². The second-order valence-electron chi connectivity index (χ2n) is 8.51. The number of Topliss-reactive ketones (excluding diaryl/α,β-unsaturated/α-hetero) is 1. The number of piperidine rings is 1. The van der Waals surface area contributed by atoms with Gasteiger partial charge < -0.3 is 15.1 Å². The van der Waals surface area contributed by atoms with Crippen LogP contribution in [0.25, 0.3) is 21.4 Å². The van der Waals surface area contributed by atoms with Crippen molar-refractivity contribution in [1.82, 2.24) is 15.6 Å². The maximum absolute atomic E-state index is 13.4. The molecule has 0 saturated carbocycles. The van der Waals surface area contributed by atoms with Crippen LogP contribution in [0.3, 0.4) is 0 Å². The molecule has 1 amide bonds. The van der Waals surface area contributed by atoms with E-state index in [1.54, 1.807) is 24.5 Å². The lowest BCUT2D eigenvalue weighted by Crippen LogP contribution is -2.47. The third-order valence-electron chi connectivity index (χ3n) is 6.17. The Hall–Kier alpha value is -3.36. The van der Waals surface area contributed by atoms with Crippen molar-refractivity contribution in [2.24, 2.45) is 5.92 Å². The lowest BCUT2D eigenvalue weighted by atomic mass is 9.87. The minimum atomic E-state index is -0.315. The second kappa shape index (κ2) is 9.48. The van der Waals surface area contributed by atoms with E-state index < -0.39 is 0 Å². The van der Waals surface area contributed by atoms with Crippen molar-refractivity contribution in [3.05, 3.63) is 76.9 Å². The number of nitrogens with zero attached hydrogens (tertiary/aromatic N) is 1. The highest BCUT2D eigenvalue weighted by Gasteiger charge is 2.31. The Morgan fingerprint density at radius 1 is 1.21 bits per heavy atom. The molecule has 5 rings (SSSR count). The first-order valence-corrected chi connectivity index (χ1v) is 12.1. The van der Waals surface area contributed by atoms with Crippen molar-refractivity contribution >= 4 is 34.0 Å². The zero-order chi connectivity index (χ0) is 23.7. The van der Waals surface area contributed by atoms with Crippen LogP contribution in [-0.2, 0) is 0 Å². The molecular weight excluding hydrogens is 453 g/mol. The van der Waals surface area contributed by atoms with E-state index in [9.17, 15) is 14.0 Å². The van der Waals surface area contributed by atoms with E-state index in [-0.39, 0.29) is 29.5 Å². The van der Waals surface area contributed by atoms with Gasteiger partial charge in [0.1, 0.15) is 17.1 Å². The van der Waals surface area contributed by atoms with Crippen molar-refractivity contribution in [1.29, 1.82) is 0 Å². The number of benzene rings is 2. The van der Waals surface area contributed by atoms with Gasteiger partial charge in [0, 0.05) is 23.9 Å². The molecule has 174 valence electrons. The number of fused-ring (bicyclic) bond motifs is 1. The molecule has 4 aromatic rings. The van der Waals surface area contributed by atoms with Crippen LogP contribution in [0, 0.1) is 18.7 Å². The van der Waals surface area contributed by atoms with E-state index in [1.807, 2.05) is 25.1 Å². The van der Waals surface area contributed by atoms with Crippen LogP contribution in [0.5, 0.6) is 0 Å². The summed E-state index contributed by atoms with van der Waals surface area (Å²) in [6, 6.07) is 13.4. The van der Waals surface area contributed by atoms with Crippen LogP contribution in [0.4, 0.5) is 4.39 Å². The average molecular weight is 478 g/mol. The van der Waals surface area contributed by atoms with E-state index >= 15 is 0 Å². The Morgan fingerprint density at radius 3 is 2.85 bits per heavy atom. The molecule has 2 aromatic carbocycles. The highest BCUT2D eigenvalue weighted by atomic mass is 32.1. The summed E-state index contributed by atoms with van der Waals surface area (Å²) in [5.41, 5.74) is 2.30. The smallest absolute Gasteiger partial charge is 0.255 e. The van der Waals surface area contributed by atoms with E-state index in [1.165, 1.54) is 23.5 Å². The normalized spacial score (nSPS) is 18.2. The maximum atomic E-state index is 13.4. The third-order valence-corrected chi connectivity index (χ3v) is 7.19. The molecular formula is C26H24FN3O3S. The van der Waals surface area contributed by atoms with Gasteiger partial charge in [0.05, 0.1) is 21.7 Å². The quantitative estimate of drug-likeness (QED) is 0.383. The Balaban J connectivity index is 1.27. The summed E-state index contributed by atoms with van der Waals surface area (Å²) in [5.74, 6) is -0.715. The molecule has 0 bridgehead atoms. The van der Waals surface area contributed by atoms with Crippen LogP contribution < -0.4 is 10.6 Å². The average Bonchev–Trinajstić information content (AvgIpc) is 3.49. The molecule has 2 atom stereocenters. The monoisotopic (exact) mass is 477 g/mol. The standard InChI is InChI=1S/C26H24FN3O3S/c1-15-30-22(25(34-15)17-5-7-19(27)8-6-17)23(31)18-9-11-28-20(13-18)14-29-26(32)21-4-2-3-16-10-12-33-24(16)21/h2-8,10,12,18,20,28H,9,11,13-14H2,1H3,(H,29,32)/t18?,20-/m0/s1.